The molecule has 24 heavy (non-hydrogen) atoms. The predicted molar refractivity (Wildman–Crippen MR) is 106 cm³/mol. The lowest BCUT2D eigenvalue weighted by Crippen LogP contribution is -1.84. The Morgan fingerprint density at radius 3 is 2.38 bits per heavy atom. The number of nitrogens with two attached hydrogens (primary N) is 1. The minimum atomic E-state index is 0.701. The molecule has 4 nitrogen and oxygen atoms in total. The molecule has 0 saturated heterocycles. The molecule has 4 N–H and O–H groups in total. The number of nitrogen functional groups attached to an aromatic ring is 1. The third-order valence-corrected chi connectivity index (χ3v) is 3.22. The summed E-state index contributed by atoms with van der Waals surface area (Å²) in [4.78, 5) is 10.2. The van der Waals surface area contributed by atoms with Gasteiger partial charge in [0, 0.05) is 28.7 Å². The third-order valence-electron chi connectivity index (χ3n) is 3.22. The Balaban J connectivity index is 0.000000199. The molecule has 3 heterocycles. The number of hydrogen-bond donors (Lipinski definition) is 3. The zero-order chi connectivity index (χ0) is 17.9. The predicted octanol–water partition coefficient (Wildman–Crippen LogP) is 5.67. The highest BCUT2D eigenvalue weighted by molar-refractivity contribution is 5.82. The van der Waals surface area contributed by atoms with Crippen LogP contribution in [0.2, 0.25) is 0 Å². The zero-order valence-corrected chi connectivity index (χ0v) is 15.2. The molecule has 4 aromatic rings. The van der Waals surface area contributed by atoms with Crippen LogP contribution in [0, 0.1) is 6.92 Å². The number of nitrogens with one attached hydrogen (secondary N) is 2. The molecule has 0 atom stereocenters. The molecule has 0 radical (unpaired) electrons. The van der Waals surface area contributed by atoms with E-state index in [4.69, 9.17) is 5.73 Å². The van der Waals surface area contributed by atoms with E-state index in [1.165, 1.54) is 16.5 Å². The van der Waals surface area contributed by atoms with Crippen molar-refractivity contribution in [2.75, 3.05) is 5.73 Å². The van der Waals surface area contributed by atoms with Crippen molar-refractivity contribution in [1.82, 2.24) is 15.0 Å². The molecule has 0 bridgehead atoms. The zero-order valence-electron chi connectivity index (χ0n) is 15.2. The largest absolute Gasteiger partial charge is 0.397 e. The molecular weight excluding hydrogens is 296 g/mol. The van der Waals surface area contributed by atoms with Crippen LogP contribution in [0.15, 0.2) is 55.0 Å². The van der Waals surface area contributed by atoms with Crippen LogP contribution in [-0.4, -0.2) is 15.0 Å². The summed E-state index contributed by atoms with van der Waals surface area (Å²) in [5.74, 6) is 0. The number of H-pyrrole nitrogens is 2. The van der Waals surface area contributed by atoms with Crippen LogP contribution in [0.1, 0.15) is 33.3 Å². The molecule has 128 valence electrons. The number of aromatic amines is 2. The van der Waals surface area contributed by atoms with Gasteiger partial charge in [0.25, 0.3) is 0 Å². The minimum absolute atomic E-state index is 0.701. The first-order valence-electron chi connectivity index (χ1n) is 8.45. The van der Waals surface area contributed by atoms with Crippen LogP contribution in [-0.2, 0) is 0 Å². The fourth-order valence-electron chi connectivity index (χ4n) is 2.17. The first kappa shape index (κ1) is 19.3. The molecular formula is C20H28N4. The van der Waals surface area contributed by atoms with E-state index in [2.05, 4.69) is 40.1 Å². The fourth-order valence-corrected chi connectivity index (χ4v) is 2.17. The maximum atomic E-state index is 5.51. The van der Waals surface area contributed by atoms with E-state index in [0.29, 0.717) is 5.69 Å². The Morgan fingerprint density at radius 2 is 1.67 bits per heavy atom. The number of hydrogen-bond acceptors (Lipinski definition) is 2. The average Bonchev–Trinajstić information content (AvgIpc) is 3.26. The molecule has 3 aromatic heterocycles. The minimum Gasteiger partial charge on any atom is -0.397 e. The number of nitrogens with zero attached hydrogens (tertiary/aromatic N) is 1. The molecule has 4 heteroatoms. The maximum absolute atomic E-state index is 5.51. The van der Waals surface area contributed by atoms with Gasteiger partial charge in [-0.25, -0.2) is 4.98 Å². The molecule has 1 aromatic carbocycles. The van der Waals surface area contributed by atoms with Crippen LogP contribution in [0.3, 0.4) is 0 Å². The second kappa shape index (κ2) is 10.1. The monoisotopic (exact) mass is 324 g/mol. The Morgan fingerprint density at radius 1 is 0.958 bits per heavy atom. The summed E-state index contributed by atoms with van der Waals surface area (Å²) in [5, 5.41) is 2.38. The number of fused-ring (bicyclic) bond motifs is 2. The summed E-state index contributed by atoms with van der Waals surface area (Å²) < 4.78 is 0. The van der Waals surface area contributed by atoms with Crippen molar-refractivity contribution >= 4 is 27.6 Å². The van der Waals surface area contributed by atoms with Gasteiger partial charge in [-0.3, -0.25) is 0 Å². The first-order chi connectivity index (χ1) is 11.7. The summed E-state index contributed by atoms with van der Waals surface area (Å²) in [7, 11) is 0. The summed E-state index contributed by atoms with van der Waals surface area (Å²) in [5.41, 5.74) is 9.63. The highest BCUT2D eigenvalue weighted by Gasteiger charge is 1.94. The Labute approximate surface area is 144 Å². The molecule has 0 unspecified atom stereocenters. The van der Waals surface area contributed by atoms with Gasteiger partial charge in [-0.05, 0) is 30.7 Å². The Bertz CT molecular complexity index is 843. The SMILES string of the molecule is CC.CC.Cc1c[nH]c2ccccc12.Nc1cnc2[nH]ccc2c1. The summed E-state index contributed by atoms with van der Waals surface area (Å²) in [6, 6.07) is 12.1. The van der Waals surface area contributed by atoms with Crippen molar-refractivity contribution in [2.24, 2.45) is 0 Å². The van der Waals surface area contributed by atoms with Crippen molar-refractivity contribution in [3.63, 3.8) is 0 Å². The Kier molecular flexibility index (Phi) is 8.13. The van der Waals surface area contributed by atoms with Gasteiger partial charge in [0.2, 0.25) is 0 Å². The molecule has 0 fully saturated rings. The second-order valence-electron chi connectivity index (χ2n) is 4.70. The van der Waals surface area contributed by atoms with Crippen LogP contribution in [0.4, 0.5) is 5.69 Å². The highest BCUT2D eigenvalue weighted by Crippen LogP contribution is 2.15. The molecule has 0 aliphatic rings. The van der Waals surface area contributed by atoms with Gasteiger partial charge >= 0.3 is 0 Å². The van der Waals surface area contributed by atoms with Gasteiger partial charge in [-0.1, -0.05) is 45.9 Å². The summed E-state index contributed by atoms with van der Waals surface area (Å²) >= 11 is 0. The number of pyridine rings is 1. The topological polar surface area (TPSA) is 70.5 Å². The number of anilines is 1. The molecule has 0 aliphatic carbocycles. The molecule has 0 amide bonds. The molecule has 0 spiro atoms. The van der Waals surface area contributed by atoms with E-state index in [9.17, 15) is 0 Å². The average molecular weight is 324 g/mol. The number of para-hydroxylation sites is 1. The van der Waals surface area contributed by atoms with Gasteiger partial charge in [0.05, 0.1) is 11.9 Å². The van der Waals surface area contributed by atoms with Crippen LogP contribution < -0.4 is 5.73 Å². The van der Waals surface area contributed by atoms with Crippen molar-refractivity contribution in [3.05, 3.63) is 60.6 Å². The fraction of sp³-hybridized carbons (Fsp3) is 0.250. The van der Waals surface area contributed by atoms with E-state index < -0.39 is 0 Å². The van der Waals surface area contributed by atoms with E-state index in [-0.39, 0.29) is 0 Å². The van der Waals surface area contributed by atoms with Crippen molar-refractivity contribution in [2.45, 2.75) is 34.6 Å². The highest BCUT2D eigenvalue weighted by atomic mass is 14.8. The third kappa shape index (κ3) is 4.88. The first-order valence-corrected chi connectivity index (χ1v) is 8.45. The lowest BCUT2D eigenvalue weighted by molar-refractivity contribution is 1.33. The van der Waals surface area contributed by atoms with Crippen molar-refractivity contribution in [1.29, 1.82) is 0 Å². The van der Waals surface area contributed by atoms with Gasteiger partial charge < -0.3 is 15.7 Å². The van der Waals surface area contributed by atoms with Gasteiger partial charge in [-0.2, -0.15) is 0 Å². The van der Waals surface area contributed by atoms with E-state index in [0.717, 1.165) is 11.0 Å². The van der Waals surface area contributed by atoms with Crippen molar-refractivity contribution in [3.8, 4) is 0 Å². The number of aryl methyl sites for hydroxylation is 1. The number of rotatable bonds is 0. The van der Waals surface area contributed by atoms with Crippen molar-refractivity contribution < 1.29 is 0 Å². The summed E-state index contributed by atoms with van der Waals surface area (Å²) in [6.07, 6.45) is 5.51. The Hall–Kier alpha value is -2.75. The maximum Gasteiger partial charge on any atom is 0.137 e. The van der Waals surface area contributed by atoms with Gasteiger partial charge in [-0.15, -0.1) is 0 Å². The van der Waals surface area contributed by atoms with Crippen LogP contribution in [0.25, 0.3) is 21.9 Å². The molecule has 0 aliphatic heterocycles. The smallest absolute Gasteiger partial charge is 0.137 e. The summed E-state index contributed by atoms with van der Waals surface area (Å²) in [6.45, 7) is 10.1. The van der Waals surface area contributed by atoms with E-state index in [1.807, 2.05) is 58.3 Å². The lowest BCUT2D eigenvalue weighted by atomic mass is 10.2. The molecule has 4 rings (SSSR count). The normalized spacial score (nSPS) is 9.21. The van der Waals surface area contributed by atoms with E-state index in [1.54, 1.807) is 6.20 Å². The standard InChI is InChI=1S/C9H9N.C7H7N3.2C2H6/c1-7-6-10-9-5-3-2-4-8(7)9;8-6-3-5-1-2-9-7(5)10-4-6;2*1-2/h2-6,10H,1H3;1-4H,8H2,(H,9,10);2*1-2H3. The number of aromatic nitrogens is 3. The second-order valence-corrected chi connectivity index (χ2v) is 4.70. The van der Waals surface area contributed by atoms with Gasteiger partial charge in [0.15, 0.2) is 0 Å². The lowest BCUT2D eigenvalue weighted by Gasteiger charge is -1.89. The van der Waals surface area contributed by atoms with E-state index >= 15 is 0 Å². The molecule has 0 saturated carbocycles. The quantitative estimate of drug-likeness (QED) is 0.390. The van der Waals surface area contributed by atoms with Gasteiger partial charge in [0.1, 0.15) is 5.65 Å². The number of benzene rings is 1. The van der Waals surface area contributed by atoms with Crippen LogP contribution in [0.5, 0.6) is 0 Å². The van der Waals surface area contributed by atoms with Crippen LogP contribution >= 0.6 is 0 Å².